The van der Waals surface area contributed by atoms with Crippen molar-refractivity contribution < 1.29 is 14.2 Å². The van der Waals surface area contributed by atoms with Gasteiger partial charge in [-0.1, -0.05) is 0 Å². The van der Waals surface area contributed by atoms with Gasteiger partial charge < -0.3 is 14.2 Å². The fraction of sp³-hybridized carbons (Fsp3) is 1.00. The molecular weight excluding hydrogens is 168 g/mol. The van der Waals surface area contributed by atoms with Gasteiger partial charge in [-0.05, 0) is 26.7 Å². The molecule has 78 valence electrons. The molecule has 1 heterocycles. The molecule has 0 bridgehead atoms. The Bertz CT molecular complexity index is 141. The lowest BCUT2D eigenvalue weighted by molar-refractivity contribution is -0.148. The molecule has 0 spiro atoms. The van der Waals surface area contributed by atoms with Gasteiger partial charge in [0.1, 0.15) is 0 Å². The molecule has 0 radical (unpaired) electrons. The van der Waals surface area contributed by atoms with Crippen LogP contribution in [0.1, 0.15) is 33.1 Å². The zero-order chi connectivity index (χ0) is 9.73. The van der Waals surface area contributed by atoms with Crippen LogP contribution < -0.4 is 0 Å². The number of ether oxygens (including phenoxy) is 3. The maximum Gasteiger partial charge on any atom is 0.165 e. The summed E-state index contributed by atoms with van der Waals surface area (Å²) in [7, 11) is 1.74. The molecule has 0 aliphatic carbocycles. The third-order valence-electron chi connectivity index (χ3n) is 2.54. The van der Waals surface area contributed by atoms with E-state index in [1.807, 2.05) is 6.92 Å². The molecule has 0 saturated carbocycles. The van der Waals surface area contributed by atoms with Crippen LogP contribution in [0.3, 0.4) is 0 Å². The molecule has 1 rings (SSSR count). The van der Waals surface area contributed by atoms with Gasteiger partial charge in [-0.3, -0.25) is 0 Å². The zero-order valence-electron chi connectivity index (χ0n) is 8.84. The number of methoxy groups -OCH3 is 1. The molecule has 1 unspecified atom stereocenters. The summed E-state index contributed by atoms with van der Waals surface area (Å²) in [6, 6.07) is 0. The third-order valence-corrected chi connectivity index (χ3v) is 2.54. The van der Waals surface area contributed by atoms with Crippen molar-refractivity contribution >= 4 is 0 Å². The van der Waals surface area contributed by atoms with E-state index in [4.69, 9.17) is 14.2 Å². The lowest BCUT2D eigenvalue weighted by Gasteiger charge is -2.22. The maximum absolute atomic E-state index is 5.49. The Labute approximate surface area is 80.4 Å². The Balaban J connectivity index is 2.11. The molecule has 0 N–H and O–H groups in total. The summed E-state index contributed by atoms with van der Waals surface area (Å²) in [6.07, 6.45) is 3.45. The van der Waals surface area contributed by atoms with Gasteiger partial charge in [0.2, 0.25) is 0 Å². The minimum Gasteiger partial charge on any atom is -0.382 e. The predicted octanol–water partition coefficient (Wildman–Crippen LogP) is 1.95. The van der Waals surface area contributed by atoms with E-state index in [0.717, 1.165) is 32.5 Å². The van der Waals surface area contributed by atoms with Crippen LogP contribution in [-0.4, -0.2) is 32.2 Å². The summed E-state index contributed by atoms with van der Waals surface area (Å²) in [4.78, 5) is 0. The fourth-order valence-electron chi connectivity index (χ4n) is 1.53. The average molecular weight is 188 g/mol. The first kappa shape index (κ1) is 11.0. The van der Waals surface area contributed by atoms with Crippen LogP contribution >= 0.6 is 0 Å². The Morgan fingerprint density at radius 2 is 2.00 bits per heavy atom. The van der Waals surface area contributed by atoms with E-state index >= 15 is 0 Å². The van der Waals surface area contributed by atoms with E-state index in [0.29, 0.717) is 6.10 Å². The fourth-order valence-corrected chi connectivity index (χ4v) is 1.53. The van der Waals surface area contributed by atoms with Crippen LogP contribution in [-0.2, 0) is 14.2 Å². The van der Waals surface area contributed by atoms with Gasteiger partial charge >= 0.3 is 0 Å². The minimum absolute atomic E-state index is 0.326. The molecule has 1 atom stereocenters. The van der Waals surface area contributed by atoms with Crippen LogP contribution in [0.25, 0.3) is 0 Å². The van der Waals surface area contributed by atoms with Crippen molar-refractivity contribution in [2.45, 2.75) is 45.0 Å². The molecule has 0 aromatic rings. The molecule has 13 heavy (non-hydrogen) atoms. The first-order valence-corrected chi connectivity index (χ1v) is 4.97. The summed E-state index contributed by atoms with van der Waals surface area (Å²) in [6.45, 7) is 5.56. The van der Waals surface area contributed by atoms with Crippen LogP contribution in [0.5, 0.6) is 0 Å². The zero-order valence-corrected chi connectivity index (χ0v) is 8.84. The van der Waals surface area contributed by atoms with Gasteiger partial charge in [-0.25, -0.2) is 0 Å². The van der Waals surface area contributed by atoms with Crippen LogP contribution in [0, 0.1) is 0 Å². The second-order valence-electron chi connectivity index (χ2n) is 3.77. The van der Waals surface area contributed by atoms with Crippen molar-refractivity contribution in [2.24, 2.45) is 0 Å². The summed E-state index contributed by atoms with van der Waals surface area (Å²) >= 11 is 0. The highest BCUT2D eigenvalue weighted by Crippen LogP contribution is 2.25. The minimum atomic E-state index is -0.326. The molecule has 1 fully saturated rings. The summed E-state index contributed by atoms with van der Waals surface area (Å²) < 4.78 is 16.2. The molecule has 1 aliphatic rings. The van der Waals surface area contributed by atoms with Crippen LogP contribution in [0.4, 0.5) is 0 Å². The monoisotopic (exact) mass is 188 g/mol. The van der Waals surface area contributed by atoms with Crippen molar-refractivity contribution in [3.05, 3.63) is 0 Å². The Hall–Kier alpha value is -0.120. The molecular formula is C10H20O3. The first-order valence-electron chi connectivity index (χ1n) is 4.97. The van der Waals surface area contributed by atoms with Crippen molar-refractivity contribution in [1.82, 2.24) is 0 Å². The highest BCUT2D eigenvalue weighted by molar-refractivity contribution is 4.68. The van der Waals surface area contributed by atoms with E-state index in [9.17, 15) is 0 Å². The first-order chi connectivity index (χ1) is 6.16. The van der Waals surface area contributed by atoms with E-state index in [1.165, 1.54) is 0 Å². The molecule has 3 heteroatoms. The lowest BCUT2D eigenvalue weighted by atomic mass is 10.1. The molecule has 0 amide bonds. The SMILES string of the molecule is COC(C)CCCC1(C)OCCO1. The van der Waals surface area contributed by atoms with Gasteiger partial charge in [0.25, 0.3) is 0 Å². The average Bonchev–Trinajstić information content (AvgIpc) is 2.52. The second-order valence-corrected chi connectivity index (χ2v) is 3.77. The third kappa shape index (κ3) is 3.63. The topological polar surface area (TPSA) is 27.7 Å². The maximum atomic E-state index is 5.49. The molecule has 3 nitrogen and oxygen atoms in total. The van der Waals surface area contributed by atoms with Crippen molar-refractivity contribution in [1.29, 1.82) is 0 Å². The smallest absolute Gasteiger partial charge is 0.165 e. The van der Waals surface area contributed by atoms with Gasteiger partial charge in [0, 0.05) is 13.5 Å². The Morgan fingerprint density at radius 3 is 2.54 bits per heavy atom. The molecule has 0 aromatic carbocycles. The van der Waals surface area contributed by atoms with Gasteiger partial charge in [0.15, 0.2) is 5.79 Å². The van der Waals surface area contributed by atoms with Crippen molar-refractivity contribution in [3.63, 3.8) is 0 Å². The van der Waals surface area contributed by atoms with E-state index in [1.54, 1.807) is 7.11 Å². The largest absolute Gasteiger partial charge is 0.382 e. The van der Waals surface area contributed by atoms with Crippen LogP contribution in [0.2, 0.25) is 0 Å². The van der Waals surface area contributed by atoms with E-state index in [2.05, 4.69) is 6.92 Å². The summed E-state index contributed by atoms with van der Waals surface area (Å²) in [5.74, 6) is -0.326. The van der Waals surface area contributed by atoms with Gasteiger partial charge in [0.05, 0.1) is 19.3 Å². The predicted molar refractivity (Wildman–Crippen MR) is 50.6 cm³/mol. The number of hydrogen-bond donors (Lipinski definition) is 0. The normalized spacial score (nSPS) is 23.3. The van der Waals surface area contributed by atoms with Crippen molar-refractivity contribution in [2.75, 3.05) is 20.3 Å². The Kier molecular flexibility index (Phi) is 4.16. The number of rotatable bonds is 5. The van der Waals surface area contributed by atoms with E-state index < -0.39 is 0 Å². The molecule has 1 saturated heterocycles. The molecule has 0 aromatic heterocycles. The standard InChI is InChI=1S/C10H20O3/c1-9(11-3)5-4-6-10(2)12-7-8-13-10/h9H,4-8H2,1-3H3. The van der Waals surface area contributed by atoms with Gasteiger partial charge in [-0.15, -0.1) is 0 Å². The van der Waals surface area contributed by atoms with E-state index in [-0.39, 0.29) is 5.79 Å². The lowest BCUT2D eigenvalue weighted by Crippen LogP contribution is -2.25. The van der Waals surface area contributed by atoms with Gasteiger partial charge in [-0.2, -0.15) is 0 Å². The highest BCUT2D eigenvalue weighted by Gasteiger charge is 2.30. The quantitative estimate of drug-likeness (QED) is 0.660. The van der Waals surface area contributed by atoms with Crippen molar-refractivity contribution in [3.8, 4) is 0 Å². The summed E-state index contributed by atoms with van der Waals surface area (Å²) in [5.41, 5.74) is 0. The van der Waals surface area contributed by atoms with Crippen LogP contribution in [0.15, 0.2) is 0 Å². The number of hydrogen-bond acceptors (Lipinski definition) is 3. The summed E-state index contributed by atoms with van der Waals surface area (Å²) in [5, 5.41) is 0. The highest BCUT2D eigenvalue weighted by atomic mass is 16.7. The Morgan fingerprint density at radius 1 is 1.38 bits per heavy atom. The molecule has 1 aliphatic heterocycles. The second kappa shape index (κ2) is 4.94.